The standard InChI is InChI=1S/C15H13ClN2O5S/c1-22-15(21)13-11(4-5-24-13)18-12(19)7-23-14(20)8-2-3-9(16)10(17)6-8/h2-6H,7,17H2,1H3,(H,18,19). The molecule has 126 valence electrons. The molecule has 0 aliphatic rings. The number of anilines is 2. The fraction of sp³-hybridized carbons (Fsp3) is 0.133. The zero-order chi connectivity index (χ0) is 17.7. The van der Waals surface area contributed by atoms with E-state index in [1.807, 2.05) is 0 Å². The summed E-state index contributed by atoms with van der Waals surface area (Å²) in [6.45, 7) is -0.516. The Kier molecular flexibility index (Phi) is 5.78. The number of carbonyl (C=O) groups is 3. The molecular weight excluding hydrogens is 356 g/mol. The smallest absolute Gasteiger partial charge is 0.350 e. The lowest BCUT2D eigenvalue weighted by atomic mass is 10.2. The van der Waals surface area contributed by atoms with Gasteiger partial charge >= 0.3 is 11.9 Å². The Morgan fingerprint density at radius 1 is 1.25 bits per heavy atom. The largest absolute Gasteiger partial charge is 0.465 e. The third-order valence-corrected chi connectivity index (χ3v) is 4.11. The molecule has 7 nitrogen and oxygen atoms in total. The SMILES string of the molecule is COC(=O)c1sccc1NC(=O)COC(=O)c1ccc(Cl)c(N)c1. The van der Waals surface area contributed by atoms with E-state index in [0.717, 1.165) is 11.3 Å². The van der Waals surface area contributed by atoms with Crippen molar-refractivity contribution in [2.75, 3.05) is 24.8 Å². The van der Waals surface area contributed by atoms with Crippen LogP contribution in [0.4, 0.5) is 11.4 Å². The van der Waals surface area contributed by atoms with Crippen LogP contribution < -0.4 is 11.1 Å². The maximum absolute atomic E-state index is 11.9. The Balaban J connectivity index is 1.93. The van der Waals surface area contributed by atoms with Crippen molar-refractivity contribution >= 4 is 52.2 Å². The molecule has 24 heavy (non-hydrogen) atoms. The number of nitrogen functional groups attached to an aromatic ring is 1. The highest BCUT2D eigenvalue weighted by atomic mass is 35.5. The summed E-state index contributed by atoms with van der Waals surface area (Å²) in [5.74, 6) is -1.87. The molecule has 1 aromatic carbocycles. The second kappa shape index (κ2) is 7.80. The first-order valence-electron chi connectivity index (χ1n) is 6.60. The van der Waals surface area contributed by atoms with Crippen LogP contribution in [0.5, 0.6) is 0 Å². The third-order valence-electron chi connectivity index (χ3n) is 2.88. The molecule has 0 atom stereocenters. The average Bonchev–Trinajstić information content (AvgIpc) is 3.02. The van der Waals surface area contributed by atoms with E-state index in [1.165, 1.54) is 25.3 Å². The number of nitrogens with two attached hydrogens (primary N) is 1. The van der Waals surface area contributed by atoms with E-state index in [0.29, 0.717) is 10.7 Å². The first-order chi connectivity index (χ1) is 11.4. The predicted molar refractivity (Wildman–Crippen MR) is 90.4 cm³/mol. The average molecular weight is 369 g/mol. The number of thiophene rings is 1. The van der Waals surface area contributed by atoms with E-state index in [4.69, 9.17) is 22.1 Å². The zero-order valence-electron chi connectivity index (χ0n) is 12.5. The van der Waals surface area contributed by atoms with E-state index in [9.17, 15) is 14.4 Å². The molecule has 1 aromatic heterocycles. The lowest BCUT2D eigenvalue weighted by Crippen LogP contribution is -2.21. The van der Waals surface area contributed by atoms with Gasteiger partial charge in [0.1, 0.15) is 4.88 Å². The number of hydrogen-bond acceptors (Lipinski definition) is 7. The minimum absolute atomic E-state index is 0.176. The number of amides is 1. The monoisotopic (exact) mass is 368 g/mol. The van der Waals surface area contributed by atoms with Crippen LogP contribution in [-0.4, -0.2) is 31.6 Å². The van der Waals surface area contributed by atoms with Gasteiger partial charge in [0.2, 0.25) is 0 Å². The van der Waals surface area contributed by atoms with E-state index >= 15 is 0 Å². The summed E-state index contributed by atoms with van der Waals surface area (Å²) in [5.41, 5.74) is 6.31. The zero-order valence-corrected chi connectivity index (χ0v) is 14.1. The molecule has 9 heteroatoms. The van der Waals surface area contributed by atoms with Crippen molar-refractivity contribution in [1.82, 2.24) is 0 Å². The Morgan fingerprint density at radius 3 is 2.67 bits per heavy atom. The maximum Gasteiger partial charge on any atom is 0.350 e. The number of carbonyl (C=O) groups excluding carboxylic acids is 3. The number of benzene rings is 1. The second-order valence-electron chi connectivity index (χ2n) is 4.52. The van der Waals surface area contributed by atoms with Crippen LogP contribution in [0.15, 0.2) is 29.6 Å². The predicted octanol–water partition coefficient (Wildman–Crippen LogP) is 2.57. The van der Waals surface area contributed by atoms with Crippen LogP contribution in [0.2, 0.25) is 5.02 Å². The van der Waals surface area contributed by atoms with Crippen LogP contribution in [0.25, 0.3) is 0 Å². The molecule has 0 saturated heterocycles. The van der Waals surface area contributed by atoms with Gasteiger partial charge in [-0.1, -0.05) is 11.6 Å². The molecule has 2 rings (SSSR count). The van der Waals surface area contributed by atoms with Crippen molar-refractivity contribution in [3.63, 3.8) is 0 Å². The highest BCUT2D eigenvalue weighted by Crippen LogP contribution is 2.23. The Morgan fingerprint density at radius 2 is 2.00 bits per heavy atom. The highest BCUT2D eigenvalue weighted by molar-refractivity contribution is 7.12. The number of esters is 2. The topological polar surface area (TPSA) is 108 Å². The van der Waals surface area contributed by atoms with Crippen LogP contribution in [0.1, 0.15) is 20.0 Å². The molecule has 0 aliphatic heterocycles. The molecule has 0 spiro atoms. The van der Waals surface area contributed by atoms with Gasteiger partial charge in [0.15, 0.2) is 6.61 Å². The fourth-order valence-corrected chi connectivity index (χ4v) is 2.61. The van der Waals surface area contributed by atoms with Gasteiger partial charge in [-0.05, 0) is 29.6 Å². The molecule has 0 unspecified atom stereocenters. The first kappa shape index (κ1) is 17.8. The van der Waals surface area contributed by atoms with Gasteiger partial charge in [0, 0.05) is 0 Å². The van der Waals surface area contributed by atoms with E-state index in [1.54, 1.807) is 11.4 Å². The number of ether oxygens (including phenoxy) is 2. The summed E-state index contributed by atoms with van der Waals surface area (Å²) in [5, 5.41) is 4.43. The van der Waals surface area contributed by atoms with Crippen LogP contribution in [0, 0.1) is 0 Å². The van der Waals surface area contributed by atoms with Gasteiger partial charge in [-0.25, -0.2) is 9.59 Å². The van der Waals surface area contributed by atoms with E-state index in [2.05, 4.69) is 10.1 Å². The van der Waals surface area contributed by atoms with Crippen molar-refractivity contribution in [3.8, 4) is 0 Å². The Labute approximate surface area is 146 Å². The lowest BCUT2D eigenvalue weighted by Gasteiger charge is -2.07. The van der Waals surface area contributed by atoms with Crippen molar-refractivity contribution in [2.24, 2.45) is 0 Å². The summed E-state index contributed by atoms with van der Waals surface area (Å²) in [7, 11) is 1.24. The molecular formula is C15H13ClN2O5S. The van der Waals surface area contributed by atoms with E-state index < -0.39 is 24.5 Å². The Hall–Kier alpha value is -2.58. The normalized spacial score (nSPS) is 10.1. The number of hydrogen-bond donors (Lipinski definition) is 2. The summed E-state index contributed by atoms with van der Waals surface area (Å²) in [6, 6.07) is 5.81. The van der Waals surface area contributed by atoms with Gasteiger partial charge in [0.25, 0.3) is 5.91 Å². The summed E-state index contributed by atoms with van der Waals surface area (Å²) < 4.78 is 9.50. The van der Waals surface area contributed by atoms with Crippen LogP contribution >= 0.6 is 22.9 Å². The summed E-state index contributed by atoms with van der Waals surface area (Å²) >= 11 is 6.89. The molecule has 3 N–H and O–H groups in total. The third kappa shape index (κ3) is 4.24. The van der Waals surface area contributed by atoms with Gasteiger partial charge in [-0.3, -0.25) is 4.79 Å². The van der Waals surface area contributed by atoms with Gasteiger partial charge in [-0.2, -0.15) is 0 Å². The minimum Gasteiger partial charge on any atom is -0.465 e. The number of rotatable bonds is 5. The Bertz CT molecular complexity index is 790. The van der Waals surface area contributed by atoms with Gasteiger partial charge in [-0.15, -0.1) is 11.3 Å². The maximum atomic E-state index is 11.9. The second-order valence-corrected chi connectivity index (χ2v) is 5.84. The van der Waals surface area contributed by atoms with Crippen LogP contribution in [-0.2, 0) is 14.3 Å². The van der Waals surface area contributed by atoms with E-state index in [-0.39, 0.29) is 16.1 Å². The number of nitrogens with one attached hydrogen (secondary N) is 1. The molecule has 1 amide bonds. The first-order valence-corrected chi connectivity index (χ1v) is 7.86. The molecule has 0 fully saturated rings. The number of halogens is 1. The van der Waals surface area contributed by atoms with Crippen molar-refractivity contribution < 1.29 is 23.9 Å². The molecule has 2 aromatic rings. The highest BCUT2D eigenvalue weighted by Gasteiger charge is 2.17. The molecule has 0 radical (unpaired) electrons. The van der Waals surface area contributed by atoms with Gasteiger partial charge in [0.05, 0.1) is 29.1 Å². The molecule has 0 saturated carbocycles. The van der Waals surface area contributed by atoms with Crippen molar-refractivity contribution in [1.29, 1.82) is 0 Å². The fourth-order valence-electron chi connectivity index (χ4n) is 1.73. The van der Waals surface area contributed by atoms with Crippen molar-refractivity contribution in [2.45, 2.75) is 0 Å². The van der Waals surface area contributed by atoms with Gasteiger partial charge < -0.3 is 20.5 Å². The molecule has 0 bridgehead atoms. The quantitative estimate of drug-likeness (QED) is 0.620. The summed E-state index contributed by atoms with van der Waals surface area (Å²) in [4.78, 5) is 35.5. The molecule has 0 aliphatic carbocycles. The number of methoxy groups -OCH3 is 1. The minimum atomic E-state index is -0.716. The van der Waals surface area contributed by atoms with Crippen molar-refractivity contribution in [3.05, 3.63) is 45.1 Å². The van der Waals surface area contributed by atoms with Crippen LogP contribution in [0.3, 0.4) is 0 Å². The molecule has 1 heterocycles. The lowest BCUT2D eigenvalue weighted by molar-refractivity contribution is -0.119. The summed E-state index contributed by atoms with van der Waals surface area (Å²) in [6.07, 6.45) is 0.